The van der Waals surface area contributed by atoms with Gasteiger partial charge in [0.15, 0.2) is 0 Å². The van der Waals surface area contributed by atoms with Gasteiger partial charge in [-0.05, 0) is 19.1 Å². The van der Waals surface area contributed by atoms with Crippen molar-refractivity contribution in [2.45, 2.75) is 13.0 Å². The van der Waals surface area contributed by atoms with E-state index in [0.29, 0.717) is 18.3 Å². The Morgan fingerprint density at radius 2 is 2.09 bits per heavy atom. The van der Waals surface area contributed by atoms with E-state index in [2.05, 4.69) is 17.1 Å². The van der Waals surface area contributed by atoms with E-state index >= 15 is 0 Å². The van der Waals surface area contributed by atoms with E-state index in [4.69, 9.17) is 0 Å². The van der Waals surface area contributed by atoms with Gasteiger partial charge in [-0.2, -0.15) is 0 Å². The molecule has 0 aliphatic carbocycles. The molecule has 1 fully saturated rings. The largest absolute Gasteiger partial charge is 0.314 e. The summed E-state index contributed by atoms with van der Waals surface area (Å²) < 4.78 is 0. The average Bonchev–Trinajstić information content (AvgIpc) is 2.49. The van der Waals surface area contributed by atoms with Crippen LogP contribution >= 0.6 is 12.4 Å². The van der Waals surface area contributed by atoms with E-state index in [0.717, 1.165) is 19.6 Å². The summed E-state index contributed by atoms with van der Waals surface area (Å²) in [4.78, 5) is 26.2. The van der Waals surface area contributed by atoms with Gasteiger partial charge in [0.25, 0.3) is 5.69 Å². The van der Waals surface area contributed by atoms with Crippen LogP contribution in [0.3, 0.4) is 0 Å². The Balaban J connectivity index is 0.00000242. The van der Waals surface area contributed by atoms with Crippen LogP contribution in [0.5, 0.6) is 0 Å². The molecule has 0 bridgehead atoms. The summed E-state index contributed by atoms with van der Waals surface area (Å²) >= 11 is 0. The van der Waals surface area contributed by atoms with Crippen LogP contribution < -0.4 is 10.2 Å². The lowest BCUT2D eigenvalue weighted by molar-refractivity contribution is -0.384. The summed E-state index contributed by atoms with van der Waals surface area (Å²) in [5.74, 6) is -0.0161. The number of hydrogen-bond donors (Lipinski definition) is 1. The normalized spacial score (nSPS) is 18.4. The number of rotatable bonds is 4. The standard InChI is InChI=1S/C14H20N4O3.ClH/c1-11-9-15-7-8-17(11)10-14(19)16(2)12-3-5-13(6-4-12)18(20)21;/h3-6,11,15H,7-10H2,1-2H3;1H/t11-;/m0./s1. The number of piperazine rings is 1. The molecule has 1 aromatic rings. The van der Waals surface area contributed by atoms with E-state index in [1.807, 2.05) is 0 Å². The molecule has 1 N–H and O–H groups in total. The maximum Gasteiger partial charge on any atom is 0.269 e. The van der Waals surface area contributed by atoms with Gasteiger partial charge in [0.2, 0.25) is 5.91 Å². The van der Waals surface area contributed by atoms with E-state index in [1.165, 1.54) is 12.1 Å². The lowest BCUT2D eigenvalue weighted by atomic mass is 10.2. The number of nitrogens with zero attached hydrogens (tertiary/aromatic N) is 3. The summed E-state index contributed by atoms with van der Waals surface area (Å²) in [7, 11) is 1.69. The van der Waals surface area contributed by atoms with Gasteiger partial charge in [-0.3, -0.25) is 19.8 Å². The Morgan fingerprint density at radius 3 is 2.64 bits per heavy atom. The summed E-state index contributed by atoms with van der Waals surface area (Å²) in [5.41, 5.74) is 0.684. The SMILES string of the molecule is C[C@H]1CNCCN1CC(=O)N(C)c1ccc([N+](=O)[O-])cc1.Cl. The zero-order chi connectivity index (χ0) is 15.4. The maximum atomic E-state index is 12.3. The summed E-state index contributed by atoms with van der Waals surface area (Å²) in [5, 5.41) is 13.9. The Labute approximate surface area is 135 Å². The molecule has 7 nitrogen and oxygen atoms in total. The van der Waals surface area contributed by atoms with E-state index in [1.54, 1.807) is 24.1 Å². The number of nitro groups is 1. The van der Waals surface area contributed by atoms with E-state index in [-0.39, 0.29) is 24.0 Å². The van der Waals surface area contributed by atoms with Gasteiger partial charge < -0.3 is 10.2 Å². The van der Waals surface area contributed by atoms with Gasteiger partial charge in [0.05, 0.1) is 11.5 Å². The van der Waals surface area contributed by atoms with Crippen molar-refractivity contribution < 1.29 is 9.72 Å². The number of halogens is 1. The second kappa shape index (κ2) is 8.07. The molecule has 8 heteroatoms. The van der Waals surface area contributed by atoms with Crippen LogP contribution in [-0.2, 0) is 4.79 Å². The summed E-state index contributed by atoms with van der Waals surface area (Å²) in [6, 6.07) is 6.33. The number of likely N-dealkylation sites (N-methyl/N-ethyl adjacent to an activating group) is 1. The molecule has 1 aliphatic heterocycles. The molecule has 1 aliphatic rings. The molecule has 1 aromatic carbocycles. The van der Waals surface area contributed by atoms with Crippen molar-refractivity contribution in [2.75, 3.05) is 38.1 Å². The van der Waals surface area contributed by atoms with Gasteiger partial charge in [-0.15, -0.1) is 12.4 Å². The lowest BCUT2D eigenvalue weighted by Gasteiger charge is -2.34. The predicted molar refractivity (Wildman–Crippen MR) is 87.7 cm³/mol. The molecule has 1 amide bonds. The number of amides is 1. The number of anilines is 1. The quantitative estimate of drug-likeness (QED) is 0.665. The minimum Gasteiger partial charge on any atom is -0.314 e. The number of nitro benzene ring substituents is 1. The molecular weight excluding hydrogens is 308 g/mol. The second-order valence-electron chi connectivity index (χ2n) is 5.25. The van der Waals surface area contributed by atoms with Crippen LogP contribution in [0.4, 0.5) is 11.4 Å². The van der Waals surface area contributed by atoms with Gasteiger partial charge in [-0.25, -0.2) is 0 Å². The van der Waals surface area contributed by atoms with Crippen molar-refractivity contribution in [3.8, 4) is 0 Å². The summed E-state index contributed by atoms with van der Waals surface area (Å²) in [6.45, 7) is 5.07. The second-order valence-corrected chi connectivity index (χ2v) is 5.25. The Kier molecular flexibility index (Phi) is 6.73. The minimum absolute atomic E-state index is 0. The number of benzene rings is 1. The molecule has 1 heterocycles. The number of nitrogens with one attached hydrogen (secondary N) is 1. The Bertz CT molecular complexity index is 523. The highest BCUT2D eigenvalue weighted by atomic mass is 35.5. The van der Waals surface area contributed by atoms with Crippen LogP contribution in [-0.4, -0.2) is 55.0 Å². The van der Waals surface area contributed by atoms with E-state index in [9.17, 15) is 14.9 Å². The number of non-ortho nitro benzene ring substituents is 1. The fourth-order valence-corrected chi connectivity index (χ4v) is 2.34. The van der Waals surface area contributed by atoms with Gasteiger partial charge in [0, 0.05) is 50.5 Å². The van der Waals surface area contributed by atoms with E-state index < -0.39 is 4.92 Å². The number of carbonyl (C=O) groups excluding carboxylic acids is 1. The maximum absolute atomic E-state index is 12.3. The predicted octanol–water partition coefficient (Wildman–Crippen LogP) is 1.27. The fourth-order valence-electron chi connectivity index (χ4n) is 2.34. The molecule has 122 valence electrons. The first-order valence-corrected chi connectivity index (χ1v) is 6.95. The molecule has 2 rings (SSSR count). The van der Waals surface area contributed by atoms with Crippen LogP contribution in [0, 0.1) is 10.1 Å². The molecule has 1 atom stereocenters. The van der Waals surface area contributed by atoms with Crippen molar-refractivity contribution >= 4 is 29.7 Å². The number of hydrogen-bond acceptors (Lipinski definition) is 5. The monoisotopic (exact) mass is 328 g/mol. The third-order valence-electron chi connectivity index (χ3n) is 3.80. The molecule has 22 heavy (non-hydrogen) atoms. The Morgan fingerprint density at radius 1 is 1.45 bits per heavy atom. The molecule has 1 saturated heterocycles. The van der Waals surface area contributed by atoms with Gasteiger partial charge >= 0.3 is 0 Å². The highest BCUT2D eigenvalue weighted by molar-refractivity contribution is 5.94. The van der Waals surface area contributed by atoms with Crippen molar-refractivity contribution in [2.24, 2.45) is 0 Å². The molecular formula is C14H21ClN4O3. The lowest BCUT2D eigenvalue weighted by Crippen LogP contribution is -2.52. The third-order valence-corrected chi connectivity index (χ3v) is 3.80. The highest BCUT2D eigenvalue weighted by Crippen LogP contribution is 2.18. The first-order chi connectivity index (χ1) is 9.99. The zero-order valence-corrected chi connectivity index (χ0v) is 13.5. The molecule has 0 spiro atoms. The molecule has 0 radical (unpaired) electrons. The molecule has 0 aromatic heterocycles. The van der Waals surface area contributed by atoms with Crippen molar-refractivity contribution in [3.05, 3.63) is 34.4 Å². The first kappa shape index (κ1) is 18.3. The van der Waals surface area contributed by atoms with Crippen molar-refractivity contribution in [1.29, 1.82) is 0 Å². The fraction of sp³-hybridized carbons (Fsp3) is 0.500. The van der Waals surface area contributed by atoms with Crippen LogP contribution in [0.2, 0.25) is 0 Å². The van der Waals surface area contributed by atoms with Gasteiger partial charge in [0.1, 0.15) is 0 Å². The Hall–Kier alpha value is -1.70. The summed E-state index contributed by atoms with van der Waals surface area (Å²) in [6.07, 6.45) is 0. The highest BCUT2D eigenvalue weighted by Gasteiger charge is 2.22. The van der Waals surface area contributed by atoms with Crippen LogP contribution in [0.15, 0.2) is 24.3 Å². The smallest absolute Gasteiger partial charge is 0.269 e. The zero-order valence-electron chi connectivity index (χ0n) is 12.7. The topological polar surface area (TPSA) is 78.7 Å². The minimum atomic E-state index is -0.450. The van der Waals surface area contributed by atoms with Gasteiger partial charge in [-0.1, -0.05) is 0 Å². The number of carbonyl (C=O) groups is 1. The molecule has 0 saturated carbocycles. The van der Waals surface area contributed by atoms with Crippen molar-refractivity contribution in [3.63, 3.8) is 0 Å². The van der Waals surface area contributed by atoms with Crippen LogP contribution in [0.25, 0.3) is 0 Å². The van der Waals surface area contributed by atoms with Crippen molar-refractivity contribution in [1.82, 2.24) is 10.2 Å². The van der Waals surface area contributed by atoms with Crippen LogP contribution in [0.1, 0.15) is 6.92 Å². The molecule has 0 unspecified atom stereocenters. The third kappa shape index (κ3) is 4.40. The average molecular weight is 329 g/mol. The first-order valence-electron chi connectivity index (χ1n) is 6.95.